The van der Waals surface area contributed by atoms with Gasteiger partial charge in [0.05, 0.1) is 148 Å². The van der Waals surface area contributed by atoms with Crippen LogP contribution in [0.3, 0.4) is 0 Å². The number of fused-ring (bicyclic) bond motifs is 6. The normalized spacial score (nSPS) is 27.6. The highest BCUT2D eigenvalue weighted by atomic mass is 16.6. The summed E-state index contributed by atoms with van der Waals surface area (Å²) in [6, 6.07) is 10.7. The predicted molar refractivity (Wildman–Crippen MR) is 471 cm³/mol. The monoisotopic (exact) mass is 1780 g/mol. The quantitative estimate of drug-likeness (QED) is 0.00934. The summed E-state index contributed by atoms with van der Waals surface area (Å²) in [4.78, 5) is 100. The highest BCUT2D eigenvalue weighted by Crippen LogP contribution is 2.40. The number of anilines is 2. The molecular weight excluding hydrogens is 1640 g/mol. The number of benzene rings is 2. The van der Waals surface area contributed by atoms with Gasteiger partial charge in [0.25, 0.3) is 17.7 Å². The van der Waals surface area contributed by atoms with Crippen LogP contribution in [0.5, 0.6) is 0 Å². The van der Waals surface area contributed by atoms with Gasteiger partial charge in [-0.25, -0.2) is 24.2 Å². The zero-order chi connectivity index (χ0) is 90.9. The van der Waals surface area contributed by atoms with Crippen LogP contribution in [-0.4, -0.2) is 293 Å². The van der Waals surface area contributed by atoms with Gasteiger partial charge in [0.1, 0.15) is 53.8 Å². The van der Waals surface area contributed by atoms with Gasteiger partial charge in [-0.3, -0.25) is 19.2 Å². The number of methoxy groups -OCH3 is 3. The van der Waals surface area contributed by atoms with Crippen molar-refractivity contribution in [2.45, 2.75) is 212 Å². The molecule has 0 spiro atoms. The van der Waals surface area contributed by atoms with Crippen molar-refractivity contribution < 1.29 is 115 Å². The summed E-state index contributed by atoms with van der Waals surface area (Å²) in [5.41, 5.74) is 20.0. The van der Waals surface area contributed by atoms with Gasteiger partial charge in [0.2, 0.25) is 11.7 Å². The van der Waals surface area contributed by atoms with Crippen LogP contribution in [0.1, 0.15) is 149 Å². The number of hydrogen-bond donors (Lipinski definition) is 6. The Morgan fingerprint density at radius 2 is 1.38 bits per heavy atom. The molecule has 4 aliphatic heterocycles. The first kappa shape index (κ1) is 101. The van der Waals surface area contributed by atoms with Crippen molar-refractivity contribution in [2.24, 2.45) is 35.5 Å². The second-order valence-electron chi connectivity index (χ2n) is 34.1. The zero-order valence-corrected chi connectivity index (χ0v) is 75.6. The van der Waals surface area contributed by atoms with E-state index in [-0.39, 0.29) is 74.4 Å². The van der Waals surface area contributed by atoms with Crippen LogP contribution < -0.4 is 16.8 Å². The Morgan fingerprint density at radius 1 is 0.701 bits per heavy atom. The van der Waals surface area contributed by atoms with Crippen molar-refractivity contribution in [2.75, 3.05) is 158 Å². The first-order valence-electron chi connectivity index (χ1n) is 45.0. The second kappa shape index (κ2) is 51.1. The molecular formula is C93H136N10O24. The second-order valence-corrected chi connectivity index (χ2v) is 34.1. The third-order valence-corrected chi connectivity index (χ3v) is 24.7. The van der Waals surface area contributed by atoms with E-state index < -0.39 is 102 Å². The summed E-state index contributed by atoms with van der Waals surface area (Å²) in [5, 5.41) is 44.2. The van der Waals surface area contributed by atoms with Crippen LogP contribution in [0.2, 0.25) is 0 Å². The highest BCUT2D eigenvalue weighted by molar-refractivity contribution is 6.39. The maximum absolute atomic E-state index is 14.8. The molecule has 7 heterocycles. The number of esters is 1. The van der Waals surface area contributed by atoms with E-state index in [1.54, 1.807) is 47.1 Å². The maximum atomic E-state index is 14.8. The third kappa shape index (κ3) is 29.5. The average molecular weight is 1780 g/mol. The number of aliphatic hydroxyl groups is 3. The van der Waals surface area contributed by atoms with Gasteiger partial charge in [-0.15, -0.1) is 0 Å². The van der Waals surface area contributed by atoms with Gasteiger partial charge in [0, 0.05) is 83.7 Å². The van der Waals surface area contributed by atoms with Gasteiger partial charge in [-0.1, -0.05) is 89.3 Å². The van der Waals surface area contributed by atoms with Gasteiger partial charge in [0.15, 0.2) is 17.0 Å². The lowest BCUT2D eigenvalue weighted by molar-refractivity contribution is -0.265. The fraction of sp³-hybridized carbons (Fsp3) is 0.656. The Morgan fingerprint density at radius 3 is 2.05 bits per heavy atom. The van der Waals surface area contributed by atoms with Gasteiger partial charge in [-0.05, 0) is 148 Å². The first-order valence-corrected chi connectivity index (χ1v) is 45.0. The van der Waals surface area contributed by atoms with E-state index in [4.69, 9.17) is 87.3 Å². The lowest BCUT2D eigenvalue weighted by Crippen LogP contribution is -2.61. The number of alkyl carbamates (subject to hydrolysis) is 1. The molecule has 2 bridgehead atoms. The molecule has 8 N–H and O–H groups in total. The smallest absolute Gasteiger partial charge is 0.407 e. The summed E-state index contributed by atoms with van der Waals surface area (Å²) in [5.74, 6) is -7.56. The number of carbonyl (C=O) groups is 6. The van der Waals surface area contributed by atoms with Crippen molar-refractivity contribution in [3.63, 3.8) is 0 Å². The zero-order valence-electron chi connectivity index (χ0n) is 75.6. The standard InChI is InChI=1S/C93H136N10O24/c1-59-16-12-11-13-17-60(2)77(113-8)54-71-24-19-65(7)93(112,127-71)86(108)89(109)102-30-15-14-18-73(102)90(110)124-78(55-74(104)61(3)49-64(6)84(107)85(115-10)83(106)63(5)48-59)62(4)50-66-21-25-76(79(52-66)114-9)126-92(111)96-29-33-117-35-37-119-39-41-121-43-45-123-47-46-122-44-42-120-40-38-118-36-34-116-32-28-80(105)101-31-27-68-51-67(20-22-70(68)57-101)56-103-88-81(87(94)97-58-98-88)82(100-103)69-23-26-75-72(53-69)99-91(95)125-75/h11-13,16-17,20,22-23,26,49,51,53,58-59,61-63,65-66,71,73-74,76-79,84-85,104,107,112H,14-15,18-19,21,24-25,27-48,50,52,54-57H2,1-10H3,(H2,95,99)(H,96,111)(H2,94,97,98)/b13-11+,16-12+,60-17-,64-49+/t59-,61-,62-,63-,65-,66+,71+,73+,74-,76-,77+,78+,79-,84-,85+,93-/m1/s1. The molecule has 5 aromatic rings. The van der Waals surface area contributed by atoms with E-state index in [1.165, 1.54) is 23.9 Å². The topological polar surface area (TPSA) is 433 Å². The van der Waals surface area contributed by atoms with Crippen LogP contribution >= 0.6 is 0 Å². The van der Waals surface area contributed by atoms with Crippen LogP contribution in [0, 0.1) is 35.5 Å². The summed E-state index contributed by atoms with van der Waals surface area (Å²) in [7, 11) is 4.52. The minimum absolute atomic E-state index is 0.00472. The number of nitrogens with two attached hydrogens (primary N) is 2. The van der Waals surface area contributed by atoms with Crippen LogP contribution in [-0.2, 0) is 110 Å². The van der Waals surface area contributed by atoms with Crippen molar-refractivity contribution in [3.8, 4) is 11.3 Å². The Hall–Kier alpha value is -8.56. The molecule has 1 saturated carbocycles. The Bertz CT molecular complexity index is 4460. The number of cyclic esters (lactones) is 1. The van der Waals surface area contributed by atoms with Crippen LogP contribution in [0.15, 0.2) is 94.7 Å². The van der Waals surface area contributed by atoms with Gasteiger partial charge in [-0.2, -0.15) is 10.1 Å². The Balaban J connectivity index is 0.552. The number of ether oxygens (including phenoxy) is 14. The number of Topliss-reactive ketones (excluding diaryl/α,β-unsaturated/α-hetero) is 2. The number of nitrogens with zero attached hydrogens (tertiary/aromatic N) is 7. The largest absolute Gasteiger partial charge is 0.460 e. The van der Waals surface area contributed by atoms with Gasteiger partial charge < -0.3 is 113 Å². The summed E-state index contributed by atoms with van der Waals surface area (Å²) >= 11 is 0. The number of nitrogen functional groups attached to an aromatic ring is 2. The summed E-state index contributed by atoms with van der Waals surface area (Å²) in [6.45, 7) is 20.5. The van der Waals surface area contributed by atoms with Crippen LogP contribution in [0.4, 0.5) is 16.6 Å². The molecule has 10 rings (SSSR count). The summed E-state index contributed by atoms with van der Waals surface area (Å²) in [6.07, 6.45) is 11.4. The molecule has 5 aliphatic rings. The molecule has 34 nitrogen and oxygen atoms in total. The van der Waals surface area contributed by atoms with E-state index in [1.807, 2.05) is 79.8 Å². The number of carbonyl (C=O) groups excluding carboxylic acids is 6. The molecule has 2 aromatic carbocycles. The number of hydrogen-bond acceptors (Lipinski definition) is 30. The number of aromatic nitrogens is 5. The number of amides is 3. The number of rotatable bonds is 37. The summed E-state index contributed by atoms with van der Waals surface area (Å²) < 4.78 is 88.5. The van der Waals surface area contributed by atoms with E-state index >= 15 is 0 Å². The molecule has 127 heavy (non-hydrogen) atoms. The molecule has 3 aromatic heterocycles. The van der Waals surface area contributed by atoms with Crippen molar-refractivity contribution in [1.29, 1.82) is 0 Å². The molecule has 3 fully saturated rings. The molecule has 1 aliphatic carbocycles. The molecule has 0 unspecified atom stereocenters. The molecule has 16 atom stereocenters. The molecule has 2 saturated heterocycles. The number of ketones is 2. The lowest BCUT2D eigenvalue weighted by Gasteiger charge is -2.43. The minimum Gasteiger partial charge on any atom is -0.460 e. The fourth-order valence-corrected chi connectivity index (χ4v) is 17.3. The molecule has 702 valence electrons. The molecule has 0 radical (unpaired) electrons. The minimum atomic E-state index is -2.47. The Labute approximate surface area is 744 Å². The van der Waals surface area contributed by atoms with Crippen molar-refractivity contribution >= 4 is 69.4 Å². The van der Waals surface area contributed by atoms with Gasteiger partial charge >= 0.3 is 12.1 Å². The number of nitrogens with one attached hydrogen (secondary N) is 1. The lowest BCUT2D eigenvalue weighted by atomic mass is 9.78. The Kier molecular flexibility index (Phi) is 40.5. The highest BCUT2D eigenvalue weighted by Gasteiger charge is 2.53. The number of aliphatic hydroxyl groups excluding tert-OH is 2. The average Bonchev–Trinajstić information content (AvgIpc) is 1.71. The maximum Gasteiger partial charge on any atom is 0.407 e. The van der Waals surface area contributed by atoms with E-state index in [0.29, 0.717) is 222 Å². The third-order valence-electron chi connectivity index (χ3n) is 24.7. The van der Waals surface area contributed by atoms with E-state index in [9.17, 15) is 44.1 Å². The molecule has 3 amide bonds. The fourth-order valence-electron chi connectivity index (χ4n) is 17.3. The SMILES string of the molecule is CO[C@H]1C[C@@H]2CC[C@@H](C)[C@@](O)(O2)C(=O)C(=O)N2CCCC[C@H]2C(=O)O[C@H]([C@H](C)C[C@@H]2CC[C@@H](OC(=O)NCCOCCOCCOCCOCCOCCOCCOCCOCCC(=O)N3CCc4cc(Cn5nc(-c6ccc7oc(N)nc7c6)c6c(N)ncnc65)ccc4C3)[C@H](OC)C2)C[C@@H](O)[C@H](C)/C=C(\C)[C@@H](O)[C@@H](OC)C(=O)[C@H](C)C[C@H](C)/C=C/C=C/C=C\1C. The van der Waals surface area contributed by atoms with E-state index in [2.05, 4.69) is 38.5 Å². The van der Waals surface area contributed by atoms with Crippen molar-refractivity contribution in [1.82, 2.24) is 39.8 Å². The van der Waals surface area contributed by atoms with Crippen LogP contribution in [0.25, 0.3) is 33.4 Å². The molecule has 34 heteroatoms. The number of allylic oxidation sites excluding steroid dienone is 5. The van der Waals surface area contributed by atoms with E-state index in [0.717, 1.165) is 28.7 Å². The predicted octanol–water partition coefficient (Wildman–Crippen LogP) is 8.97. The number of piperidine rings is 1. The van der Waals surface area contributed by atoms with Crippen molar-refractivity contribution in [3.05, 3.63) is 107 Å². The first-order chi connectivity index (χ1) is 61.3. The number of oxazole rings is 1.